The van der Waals surface area contributed by atoms with Crippen molar-refractivity contribution in [3.63, 3.8) is 0 Å². The summed E-state index contributed by atoms with van der Waals surface area (Å²) < 4.78 is 0. The minimum atomic E-state index is -0.293. The first kappa shape index (κ1) is 12.4. The van der Waals surface area contributed by atoms with Crippen molar-refractivity contribution in [1.29, 1.82) is 0 Å². The molecule has 2 aromatic carbocycles. The van der Waals surface area contributed by atoms with Crippen molar-refractivity contribution in [2.24, 2.45) is 0 Å². The van der Waals surface area contributed by atoms with Gasteiger partial charge in [-0.15, -0.1) is 0 Å². The lowest BCUT2D eigenvalue weighted by Crippen LogP contribution is -2.29. The molecule has 0 saturated carbocycles. The molecule has 1 aliphatic heterocycles. The monoisotopic (exact) mass is 263 g/mol. The number of amides is 2. The van der Waals surface area contributed by atoms with E-state index in [1.165, 1.54) is 22.6 Å². The molecule has 0 unspecified atom stereocenters. The van der Waals surface area contributed by atoms with Gasteiger partial charge in [-0.2, -0.15) is 0 Å². The average molecular weight is 263 g/mol. The maximum absolute atomic E-state index is 11.6. The molecule has 3 heteroatoms. The predicted molar refractivity (Wildman–Crippen MR) is 78.2 cm³/mol. The van der Waals surface area contributed by atoms with Gasteiger partial charge in [0, 0.05) is 12.2 Å². The molecule has 0 saturated heterocycles. The third kappa shape index (κ3) is 2.14. The second kappa shape index (κ2) is 4.78. The molecule has 3 nitrogen and oxygen atoms in total. The van der Waals surface area contributed by atoms with E-state index in [-0.39, 0.29) is 11.8 Å². The molecule has 0 aliphatic carbocycles. The van der Waals surface area contributed by atoms with Crippen LogP contribution in [0.1, 0.15) is 5.56 Å². The maximum Gasteiger partial charge on any atom is 0.258 e. The summed E-state index contributed by atoms with van der Waals surface area (Å²) in [5, 5.41) is 0. The van der Waals surface area contributed by atoms with E-state index in [0.29, 0.717) is 5.69 Å². The van der Waals surface area contributed by atoms with Crippen LogP contribution in [0.3, 0.4) is 0 Å². The van der Waals surface area contributed by atoms with Gasteiger partial charge in [-0.25, -0.2) is 4.90 Å². The van der Waals surface area contributed by atoms with E-state index < -0.39 is 0 Å². The van der Waals surface area contributed by atoms with Gasteiger partial charge in [0.05, 0.1) is 5.69 Å². The molecule has 20 heavy (non-hydrogen) atoms. The van der Waals surface area contributed by atoms with Gasteiger partial charge in [-0.3, -0.25) is 9.59 Å². The molecule has 1 aliphatic rings. The Bertz CT molecular complexity index is 696. The zero-order chi connectivity index (χ0) is 14.1. The SMILES string of the molecule is Cc1cccc(-c2ccc(N3C(=O)C=CC3=O)cc2)c1. The van der Waals surface area contributed by atoms with E-state index in [9.17, 15) is 9.59 Å². The van der Waals surface area contributed by atoms with Crippen molar-refractivity contribution in [1.82, 2.24) is 0 Å². The van der Waals surface area contributed by atoms with Crippen LogP contribution < -0.4 is 4.90 Å². The fourth-order valence-corrected chi connectivity index (χ4v) is 2.28. The van der Waals surface area contributed by atoms with Crippen molar-refractivity contribution in [3.8, 4) is 11.1 Å². The van der Waals surface area contributed by atoms with Gasteiger partial charge < -0.3 is 0 Å². The quantitative estimate of drug-likeness (QED) is 0.781. The summed E-state index contributed by atoms with van der Waals surface area (Å²) in [6.45, 7) is 2.05. The molecular weight excluding hydrogens is 250 g/mol. The van der Waals surface area contributed by atoms with E-state index in [2.05, 4.69) is 6.07 Å². The first-order valence-corrected chi connectivity index (χ1v) is 6.38. The molecule has 0 fully saturated rings. The molecular formula is C17H13NO2. The Labute approximate surface area is 117 Å². The number of imide groups is 1. The summed E-state index contributed by atoms with van der Waals surface area (Å²) in [7, 11) is 0. The topological polar surface area (TPSA) is 37.4 Å². The molecule has 3 rings (SSSR count). The molecule has 1 heterocycles. The third-order valence-corrected chi connectivity index (χ3v) is 3.29. The number of rotatable bonds is 2. The first-order chi connectivity index (χ1) is 9.65. The largest absolute Gasteiger partial charge is 0.269 e. The lowest BCUT2D eigenvalue weighted by Gasteiger charge is -2.14. The van der Waals surface area contributed by atoms with E-state index >= 15 is 0 Å². The van der Waals surface area contributed by atoms with Crippen molar-refractivity contribution in [2.45, 2.75) is 6.92 Å². The summed E-state index contributed by atoms with van der Waals surface area (Å²) in [5.41, 5.74) is 3.97. The molecule has 0 spiro atoms. The fourth-order valence-electron chi connectivity index (χ4n) is 2.28. The van der Waals surface area contributed by atoms with Gasteiger partial charge in [0.2, 0.25) is 0 Å². The number of carbonyl (C=O) groups is 2. The fraction of sp³-hybridized carbons (Fsp3) is 0.0588. The Morgan fingerprint density at radius 2 is 1.45 bits per heavy atom. The van der Waals surface area contributed by atoms with Gasteiger partial charge in [-0.05, 0) is 30.2 Å². The second-order valence-corrected chi connectivity index (χ2v) is 4.76. The Balaban J connectivity index is 1.92. The number of hydrogen-bond acceptors (Lipinski definition) is 2. The van der Waals surface area contributed by atoms with Crippen molar-refractivity contribution in [2.75, 3.05) is 4.90 Å². The molecule has 0 atom stereocenters. The second-order valence-electron chi connectivity index (χ2n) is 4.76. The molecule has 98 valence electrons. The Hall–Kier alpha value is -2.68. The van der Waals surface area contributed by atoms with E-state index in [1.807, 2.05) is 37.3 Å². The van der Waals surface area contributed by atoms with E-state index in [0.717, 1.165) is 11.1 Å². The van der Waals surface area contributed by atoms with Crippen LogP contribution in [0.4, 0.5) is 5.69 Å². The lowest BCUT2D eigenvalue weighted by atomic mass is 10.0. The summed E-state index contributed by atoms with van der Waals surface area (Å²) in [5.74, 6) is -0.586. The number of anilines is 1. The lowest BCUT2D eigenvalue weighted by molar-refractivity contribution is -0.119. The van der Waals surface area contributed by atoms with Gasteiger partial charge in [0.15, 0.2) is 0 Å². The molecule has 2 aromatic rings. The summed E-state index contributed by atoms with van der Waals surface area (Å²) in [4.78, 5) is 24.4. The number of benzene rings is 2. The molecule has 2 amide bonds. The van der Waals surface area contributed by atoms with Crippen LogP contribution in [0, 0.1) is 6.92 Å². The van der Waals surface area contributed by atoms with Gasteiger partial charge >= 0.3 is 0 Å². The van der Waals surface area contributed by atoms with Crippen molar-refractivity contribution in [3.05, 3.63) is 66.2 Å². The van der Waals surface area contributed by atoms with Gasteiger partial charge in [0.1, 0.15) is 0 Å². The standard InChI is InChI=1S/C17H13NO2/c1-12-3-2-4-14(11-12)13-5-7-15(8-6-13)18-16(19)9-10-17(18)20/h2-11H,1H3. The van der Waals surface area contributed by atoms with E-state index in [1.54, 1.807) is 12.1 Å². The van der Waals surface area contributed by atoms with Crippen LogP contribution >= 0.6 is 0 Å². The van der Waals surface area contributed by atoms with Crippen LogP contribution in [0.5, 0.6) is 0 Å². The zero-order valence-electron chi connectivity index (χ0n) is 11.0. The van der Waals surface area contributed by atoms with Crippen LogP contribution in [0.15, 0.2) is 60.7 Å². The van der Waals surface area contributed by atoms with Crippen LogP contribution in [0.25, 0.3) is 11.1 Å². The predicted octanol–water partition coefficient (Wildman–Crippen LogP) is 3.09. The highest BCUT2D eigenvalue weighted by atomic mass is 16.2. The van der Waals surface area contributed by atoms with Gasteiger partial charge in [-0.1, -0.05) is 42.0 Å². The molecule has 0 radical (unpaired) electrons. The van der Waals surface area contributed by atoms with Gasteiger partial charge in [0.25, 0.3) is 11.8 Å². The number of nitrogens with zero attached hydrogens (tertiary/aromatic N) is 1. The van der Waals surface area contributed by atoms with E-state index in [4.69, 9.17) is 0 Å². The number of hydrogen-bond donors (Lipinski definition) is 0. The minimum Gasteiger partial charge on any atom is -0.269 e. The summed E-state index contributed by atoms with van der Waals surface area (Å²) >= 11 is 0. The van der Waals surface area contributed by atoms with Crippen molar-refractivity contribution >= 4 is 17.5 Å². The zero-order valence-corrected chi connectivity index (χ0v) is 11.0. The highest BCUT2D eigenvalue weighted by Gasteiger charge is 2.24. The Morgan fingerprint density at radius 3 is 2.05 bits per heavy atom. The molecule has 0 bridgehead atoms. The molecule has 0 N–H and O–H groups in total. The van der Waals surface area contributed by atoms with Crippen LogP contribution in [0.2, 0.25) is 0 Å². The first-order valence-electron chi connectivity index (χ1n) is 6.38. The average Bonchev–Trinajstić information content (AvgIpc) is 2.78. The summed E-state index contributed by atoms with van der Waals surface area (Å²) in [6.07, 6.45) is 2.58. The minimum absolute atomic E-state index is 0.293. The van der Waals surface area contributed by atoms with Crippen LogP contribution in [-0.4, -0.2) is 11.8 Å². The summed E-state index contributed by atoms with van der Waals surface area (Å²) in [6, 6.07) is 15.6. The number of aryl methyl sites for hydroxylation is 1. The highest BCUT2D eigenvalue weighted by molar-refractivity contribution is 6.28. The smallest absolute Gasteiger partial charge is 0.258 e. The Morgan fingerprint density at radius 1 is 0.800 bits per heavy atom. The third-order valence-electron chi connectivity index (χ3n) is 3.29. The van der Waals surface area contributed by atoms with Crippen LogP contribution in [-0.2, 0) is 9.59 Å². The highest BCUT2D eigenvalue weighted by Crippen LogP contribution is 2.25. The molecule has 0 aromatic heterocycles. The Kier molecular flexibility index (Phi) is 2.95. The number of carbonyl (C=O) groups excluding carboxylic acids is 2. The van der Waals surface area contributed by atoms with Crippen molar-refractivity contribution < 1.29 is 9.59 Å². The normalized spacial score (nSPS) is 14.2. The maximum atomic E-state index is 11.6.